The van der Waals surface area contributed by atoms with Crippen molar-refractivity contribution >= 4 is 5.69 Å². The zero-order valence-electron chi connectivity index (χ0n) is 8.96. The molecule has 0 saturated heterocycles. The summed E-state index contributed by atoms with van der Waals surface area (Å²) in [5.41, 5.74) is 0.656. The molecule has 1 aromatic rings. The van der Waals surface area contributed by atoms with Crippen LogP contribution in [0.1, 0.15) is 19.8 Å². The monoisotopic (exact) mass is 233 g/mol. The van der Waals surface area contributed by atoms with Crippen molar-refractivity contribution in [2.45, 2.75) is 38.5 Å². The predicted octanol–water partition coefficient (Wildman–Crippen LogP) is 2.66. The summed E-state index contributed by atoms with van der Waals surface area (Å²) in [6.07, 6.45) is 1.01. The normalized spacial score (nSPS) is 18.5. The first-order valence-corrected chi connectivity index (χ1v) is 5.30. The largest absolute Gasteiger partial charge is 0.408 e. The Kier molecular flexibility index (Phi) is 2.82. The summed E-state index contributed by atoms with van der Waals surface area (Å²) in [6.45, 7) is 1.01. The van der Waals surface area contributed by atoms with Gasteiger partial charge in [-0.05, 0) is 25.7 Å². The molecule has 0 aromatic carbocycles. The highest BCUT2D eigenvalue weighted by Crippen LogP contribution is 2.33. The van der Waals surface area contributed by atoms with E-state index in [1.54, 1.807) is 0 Å². The Balaban J connectivity index is 1.91. The van der Waals surface area contributed by atoms with E-state index >= 15 is 0 Å². The second-order valence-electron chi connectivity index (χ2n) is 4.31. The lowest BCUT2D eigenvalue weighted by Crippen LogP contribution is -2.18. The molecular formula is C10H14F3N3. The van der Waals surface area contributed by atoms with E-state index in [0.29, 0.717) is 17.6 Å². The van der Waals surface area contributed by atoms with Gasteiger partial charge < -0.3 is 5.32 Å². The van der Waals surface area contributed by atoms with Crippen LogP contribution in [-0.2, 0) is 6.54 Å². The third-order valence-electron chi connectivity index (χ3n) is 2.70. The van der Waals surface area contributed by atoms with Crippen LogP contribution >= 0.6 is 0 Å². The van der Waals surface area contributed by atoms with Gasteiger partial charge in [-0.2, -0.15) is 18.3 Å². The molecule has 1 atom stereocenters. The van der Waals surface area contributed by atoms with Gasteiger partial charge in [0.1, 0.15) is 6.54 Å². The van der Waals surface area contributed by atoms with E-state index in [-0.39, 0.29) is 0 Å². The number of anilines is 1. The zero-order valence-corrected chi connectivity index (χ0v) is 8.96. The average molecular weight is 233 g/mol. The molecule has 0 amide bonds. The Morgan fingerprint density at radius 1 is 1.56 bits per heavy atom. The maximum Gasteiger partial charge on any atom is 0.408 e. The number of alkyl halides is 3. The van der Waals surface area contributed by atoms with Crippen molar-refractivity contribution in [3.63, 3.8) is 0 Å². The summed E-state index contributed by atoms with van der Waals surface area (Å²) >= 11 is 0. The molecule has 90 valence electrons. The highest BCUT2D eigenvalue weighted by molar-refractivity contribution is 5.39. The van der Waals surface area contributed by atoms with Gasteiger partial charge in [0.2, 0.25) is 0 Å². The zero-order chi connectivity index (χ0) is 11.8. The van der Waals surface area contributed by atoms with Crippen LogP contribution in [0, 0.1) is 5.92 Å². The summed E-state index contributed by atoms with van der Waals surface area (Å²) in [7, 11) is 0. The Labute approximate surface area is 91.6 Å². The highest BCUT2D eigenvalue weighted by Gasteiger charge is 2.29. The van der Waals surface area contributed by atoms with Crippen molar-refractivity contribution in [3.05, 3.63) is 12.4 Å². The lowest BCUT2D eigenvalue weighted by Gasteiger charge is -2.11. The van der Waals surface area contributed by atoms with Gasteiger partial charge in [-0.25, -0.2) is 0 Å². The van der Waals surface area contributed by atoms with E-state index in [2.05, 4.69) is 10.4 Å². The number of halogens is 3. The van der Waals surface area contributed by atoms with Crippen molar-refractivity contribution in [1.82, 2.24) is 9.78 Å². The van der Waals surface area contributed by atoms with E-state index < -0.39 is 12.7 Å². The fourth-order valence-corrected chi connectivity index (χ4v) is 1.69. The van der Waals surface area contributed by atoms with Crippen LogP contribution in [0.4, 0.5) is 18.9 Å². The van der Waals surface area contributed by atoms with Crippen LogP contribution in [-0.4, -0.2) is 22.0 Å². The van der Waals surface area contributed by atoms with Gasteiger partial charge in [0.15, 0.2) is 0 Å². The summed E-state index contributed by atoms with van der Waals surface area (Å²) in [4.78, 5) is 0. The molecule has 1 N–H and O–H groups in total. The molecule has 6 heteroatoms. The van der Waals surface area contributed by atoms with Crippen molar-refractivity contribution in [2.24, 2.45) is 5.92 Å². The van der Waals surface area contributed by atoms with Crippen molar-refractivity contribution in [2.75, 3.05) is 5.32 Å². The van der Waals surface area contributed by atoms with Crippen molar-refractivity contribution in [1.29, 1.82) is 0 Å². The van der Waals surface area contributed by atoms with Crippen LogP contribution in [0.15, 0.2) is 12.4 Å². The smallest absolute Gasteiger partial charge is 0.380 e. The van der Waals surface area contributed by atoms with Gasteiger partial charge in [0.05, 0.1) is 11.9 Å². The van der Waals surface area contributed by atoms with E-state index in [9.17, 15) is 13.2 Å². The van der Waals surface area contributed by atoms with Gasteiger partial charge in [-0.15, -0.1) is 0 Å². The number of hydrogen-bond acceptors (Lipinski definition) is 2. The van der Waals surface area contributed by atoms with Crippen LogP contribution in [0.5, 0.6) is 0 Å². The Bertz CT molecular complexity index is 354. The topological polar surface area (TPSA) is 29.9 Å². The molecular weight excluding hydrogens is 219 g/mol. The molecule has 1 saturated carbocycles. The van der Waals surface area contributed by atoms with Gasteiger partial charge in [-0.3, -0.25) is 4.68 Å². The second-order valence-corrected chi connectivity index (χ2v) is 4.31. The predicted molar refractivity (Wildman–Crippen MR) is 54.1 cm³/mol. The molecule has 16 heavy (non-hydrogen) atoms. The van der Waals surface area contributed by atoms with Crippen LogP contribution in [0.2, 0.25) is 0 Å². The molecule has 0 radical (unpaired) electrons. The van der Waals surface area contributed by atoms with Crippen LogP contribution < -0.4 is 5.32 Å². The fraction of sp³-hybridized carbons (Fsp3) is 0.700. The van der Waals surface area contributed by atoms with E-state index in [1.807, 2.05) is 6.92 Å². The molecule has 0 spiro atoms. The molecule has 1 aliphatic carbocycles. The molecule has 3 nitrogen and oxygen atoms in total. The number of nitrogens with one attached hydrogen (secondary N) is 1. The second kappa shape index (κ2) is 3.99. The minimum atomic E-state index is -4.22. The lowest BCUT2D eigenvalue weighted by atomic mass is 10.2. The van der Waals surface area contributed by atoms with E-state index in [0.717, 1.165) is 4.68 Å². The molecule has 1 fully saturated rings. The first-order valence-electron chi connectivity index (χ1n) is 5.30. The first-order chi connectivity index (χ1) is 7.44. The van der Waals surface area contributed by atoms with E-state index in [4.69, 9.17) is 0 Å². The minimum Gasteiger partial charge on any atom is -0.380 e. The van der Waals surface area contributed by atoms with Crippen molar-refractivity contribution in [3.8, 4) is 0 Å². The standard InChI is InChI=1S/C10H14F3N3/c1-7(8-2-3-8)15-9-4-14-16(5-9)6-10(11,12)13/h4-5,7-8,15H,2-3,6H2,1H3. The first kappa shape index (κ1) is 11.3. The fourth-order valence-electron chi connectivity index (χ4n) is 1.69. The van der Waals surface area contributed by atoms with Gasteiger partial charge >= 0.3 is 6.18 Å². The summed E-state index contributed by atoms with van der Waals surface area (Å²) in [6, 6.07) is 0.309. The Morgan fingerprint density at radius 3 is 2.81 bits per heavy atom. The van der Waals surface area contributed by atoms with Crippen molar-refractivity contribution < 1.29 is 13.2 Å². The highest BCUT2D eigenvalue weighted by atomic mass is 19.4. The van der Waals surface area contributed by atoms with Gasteiger partial charge in [0.25, 0.3) is 0 Å². The Morgan fingerprint density at radius 2 is 2.25 bits per heavy atom. The third-order valence-corrected chi connectivity index (χ3v) is 2.70. The maximum absolute atomic E-state index is 12.1. The molecule has 1 unspecified atom stereocenters. The average Bonchev–Trinajstić information content (AvgIpc) is 2.89. The quantitative estimate of drug-likeness (QED) is 0.866. The molecule has 1 heterocycles. The number of nitrogens with zero attached hydrogens (tertiary/aromatic N) is 2. The van der Waals surface area contributed by atoms with Crippen LogP contribution in [0.25, 0.3) is 0 Å². The lowest BCUT2D eigenvalue weighted by molar-refractivity contribution is -0.142. The maximum atomic E-state index is 12.1. The molecule has 2 rings (SSSR count). The summed E-state index contributed by atoms with van der Waals surface area (Å²) in [5.74, 6) is 0.658. The molecule has 1 aliphatic rings. The number of hydrogen-bond donors (Lipinski definition) is 1. The van der Waals surface area contributed by atoms with Gasteiger partial charge in [-0.1, -0.05) is 0 Å². The number of rotatable bonds is 4. The Hall–Kier alpha value is -1.20. The summed E-state index contributed by atoms with van der Waals surface area (Å²) in [5, 5.41) is 6.83. The van der Waals surface area contributed by atoms with Gasteiger partial charge in [0, 0.05) is 12.2 Å². The number of aromatic nitrogens is 2. The molecule has 0 bridgehead atoms. The van der Waals surface area contributed by atoms with Crippen LogP contribution in [0.3, 0.4) is 0 Å². The SMILES string of the molecule is CC(Nc1cnn(CC(F)(F)F)c1)C1CC1. The molecule has 1 aromatic heterocycles. The minimum absolute atomic E-state index is 0.309. The summed E-state index contributed by atoms with van der Waals surface area (Å²) < 4.78 is 37.1. The third kappa shape index (κ3) is 3.15. The van der Waals surface area contributed by atoms with E-state index in [1.165, 1.54) is 25.2 Å². The molecule has 0 aliphatic heterocycles.